The molecule has 14 heteroatoms. The van der Waals surface area contributed by atoms with Gasteiger partial charge >= 0.3 is 12.4 Å². The number of carbonyl (C=O) groups is 1. The second-order valence-electron chi connectivity index (χ2n) is 7.99. The molecular weight excluding hydrogens is 581 g/mol. The van der Waals surface area contributed by atoms with Crippen LogP contribution in [0.3, 0.4) is 0 Å². The van der Waals surface area contributed by atoms with Crippen molar-refractivity contribution in [2.75, 3.05) is 18.4 Å². The van der Waals surface area contributed by atoms with Crippen molar-refractivity contribution in [3.8, 4) is 0 Å². The second-order valence-corrected chi connectivity index (χ2v) is 10.7. The molecule has 0 atom stereocenters. The average molecular weight is 599 g/mol. The maximum atomic E-state index is 13.4. The molecule has 1 amide bonds. The van der Waals surface area contributed by atoms with E-state index in [1.807, 2.05) is 5.32 Å². The fourth-order valence-electron chi connectivity index (χ4n) is 3.38. The molecular formula is C24H18Cl2F6N2O3S. The smallest absolute Gasteiger partial charge is 0.325 e. The third kappa shape index (κ3) is 7.62. The summed E-state index contributed by atoms with van der Waals surface area (Å²) in [4.78, 5) is 12.3. The molecule has 5 nitrogen and oxygen atoms in total. The molecule has 0 aliphatic rings. The molecule has 0 aromatic heterocycles. The van der Waals surface area contributed by atoms with Crippen LogP contribution >= 0.6 is 23.2 Å². The number of amides is 1. The predicted molar refractivity (Wildman–Crippen MR) is 130 cm³/mol. The molecule has 0 radical (unpaired) electrons. The molecule has 3 rings (SSSR count). The van der Waals surface area contributed by atoms with Gasteiger partial charge in [-0.2, -0.15) is 30.6 Å². The van der Waals surface area contributed by atoms with Gasteiger partial charge in [0.1, 0.15) is 4.90 Å². The number of halogens is 8. The summed E-state index contributed by atoms with van der Waals surface area (Å²) in [5.74, 6) is -1.17. The van der Waals surface area contributed by atoms with E-state index in [1.165, 1.54) is 12.1 Å². The summed E-state index contributed by atoms with van der Waals surface area (Å²) in [5.41, 5.74) is -3.37. The summed E-state index contributed by atoms with van der Waals surface area (Å²) in [6.45, 7) is -1.20. The Balaban J connectivity index is 1.93. The van der Waals surface area contributed by atoms with Gasteiger partial charge in [-0.05, 0) is 48.4 Å². The van der Waals surface area contributed by atoms with Gasteiger partial charge < -0.3 is 5.32 Å². The minimum absolute atomic E-state index is 0.0316. The highest BCUT2D eigenvalue weighted by Gasteiger charge is 2.37. The maximum Gasteiger partial charge on any atom is 0.416 e. The molecule has 0 bridgehead atoms. The minimum Gasteiger partial charge on any atom is -0.325 e. The molecule has 0 saturated heterocycles. The third-order valence-corrected chi connectivity index (χ3v) is 7.76. The van der Waals surface area contributed by atoms with Crippen molar-refractivity contribution in [1.82, 2.24) is 4.31 Å². The Kier molecular flexibility index (Phi) is 9.02. The number of anilines is 1. The number of nitrogens with zero attached hydrogens (tertiary/aromatic N) is 1. The van der Waals surface area contributed by atoms with E-state index in [2.05, 4.69) is 0 Å². The first-order valence-corrected chi connectivity index (χ1v) is 12.9. The highest BCUT2D eigenvalue weighted by molar-refractivity contribution is 7.89. The topological polar surface area (TPSA) is 66.5 Å². The van der Waals surface area contributed by atoms with Crippen LogP contribution in [-0.2, 0) is 33.6 Å². The lowest BCUT2D eigenvalue weighted by Gasteiger charge is -2.23. The number of nitrogens with one attached hydrogen (secondary N) is 1. The Morgan fingerprint density at radius 3 is 1.97 bits per heavy atom. The first-order chi connectivity index (χ1) is 17.6. The summed E-state index contributed by atoms with van der Waals surface area (Å²) < 4.78 is 107. The largest absolute Gasteiger partial charge is 0.416 e. The van der Waals surface area contributed by atoms with Crippen LogP contribution in [-0.4, -0.2) is 31.7 Å². The van der Waals surface area contributed by atoms with Gasteiger partial charge in [0, 0.05) is 17.3 Å². The minimum atomic E-state index is -5.13. The van der Waals surface area contributed by atoms with Crippen molar-refractivity contribution in [3.63, 3.8) is 0 Å². The second kappa shape index (κ2) is 11.5. The van der Waals surface area contributed by atoms with Crippen LogP contribution in [0, 0.1) is 0 Å². The monoisotopic (exact) mass is 598 g/mol. The first kappa shape index (κ1) is 29.8. The zero-order valence-corrected chi connectivity index (χ0v) is 21.4. The van der Waals surface area contributed by atoms with Crippen LogP contribution in [0.2, 0.25) is 10.0 Å². The zero-order valence-electron chi connectivity index (χ0n) is 19.1. The van der Waals surface area contributed by atoms with Crippen LogP contribution in [0.25, 0.3) is 0 Å². The SMILES string of the molecule is O=C(CN(CCc1ccccc1)S(=O)(=O)c1cc(Cl)ccc1Cl)Nc1cc(C(F)(F)F)cc(C(F)(F)F)c1. The lowest BCUT2D eigenvalue weighted by atomic mass is 10.1. The Labute approximate surface area is 224 Å². The number of carbonyl (C=O) groups excluding carboxylic acids is 1. The molecule has 0 heterocycles. The predicted octanol–water partition coefficient (Wildman–Crippen LogP) is 6.90. The van der Waals surface area contributed by atoms with E-state index in [-0.39, 0.29) is 29.1 Å². The normalized spacial score (nSPS) is 12.6. The molecule has 0 fully saturated rings. The van der Waals surface area contributed by atoms with E-state index >= 15 is 0 Å². The van der Waals surface area contributed by atoms with Gasteiger partial charge in [0.15, 0.2) is 0 Å². The van der Waals surface area contributed by atoms with E-state index in [0.29, 0.717) is 22.0 Å². The Morgan fingerprint density at radius 1 is 0.842 bits per heavy atom. The van der Waals surface area contributed by atoms with Gasteiger partial charge in [0.05, 0.1) is 22.7 Å². The van der Waals surface area contributed by atoms with Crippen LogP contribution < -0.4 is 5.32 Å². The van der Waals surface area contributed by atoms with E-state index in [0.717, 1.165) is 6.07 Å². The average Bonchev–Trinajstić information content (AvgIpc) is 2.82. The van der Waals surface area contributed by atoms with Crippen molar-refractivity contribution in [1.29, 1.82) is 0 Å². The molecule has 0 aliphatic carbocycles. The van der Waals surface area contributed by atoms with E-state index < -0.39 is 56.5 Å². The van der Waals surface area contributed by atoms with Gasteiger partial charge in [-0.1, -0.05) is 53.5 Å². The van der Waals surface area contributed by atoms with Gasteiger partial charge in [-0.3, -0.25) is 4.79 Å². The van der Waals surface area contributed by atoms with Crippen LogP contribution in [0.5, 0.6) is 0 Å². The maximum absolute atomic E-state index is 13.4. The van der Waals surface area contributed by atoms with Gasteiger partial charge in [-0.15, -0.1) is 0 Å². The molecule has 0 saturated carbocycles. The Morgan fingerprint density at radius 2 is 1.42 bits per heavy atom. The third-order valence-electron chi connectivity index (χ3n) is 5.20. The van der Waals surface area contributed by atoms with Crippen LogP contribution in [0.1, 0.15) is 16.7 Å². The molecule has 1 N–H and O–H groups in total. The van der Waals surface area contributed by atoms with Crippen molar-refractivity contribution in [2.45, 2.75) is 23.7 Å². The first-order valence-electron chi connectivity index (χ1n) is 10.7. The molecule has 0 aliphatic heterocycles. The van der Waals surface area contributed by atoms with Crippen molar-refractivity contribution < 1.29 is 39.6 Å². The summed E-state index contributed by atoms with van der Waals surface area (Å²) in [7, 11) is -4.48. The van der Waals surface area contributed by atoms with E-state index in [1.54, 1.807) is 30.3 Å². The van der Waals surface area contributed by atoms with Gasteiger partial charge in [-0.25, -0.2) is 8.42 Å². The van der Waals surface area contributed by atoms with E-state index in [4.69, 9.17) is 23.2 Å². The number of hydrogen-bond donors (Lipinski definition) is 1. The highest BCUT2D eigenvalue weighted by atomic mass is 35.5. The number of hydrogen-bond acceptors (Lipinski definition) is 3. The molecule has 3 aromatic rings. The number of benzene rings is 3. The van der Waals surface area contributed by atoms with Crippen molar-refractivity contribution >= 4 is 44.8 Å². The number of rotatable bonds is 8. The summed E-state index contributed by atoms with van der Waals surface area (Å²) in [6.07, 6.45) is -10.1. The summed E-state index contributed by atoms with van der Waals surface area (Å²) in [5, 5.41) is 1.77. The molecule has 3 aromatic carbocycles. The highest BCUT2D eigenvalue weighted by Crippen LogP contribution is 2.37. The fourth-order valence-corrected chi connectivity index (χ4v) is 5.52. The summed E-state index contributed by atoms with van der Waals surface area (Å²) in [6, 6.07) is 12.8. The zero-order chi connectivity index (χ0) is 28.3. The number of alkyl halides is 6. The van der Waals surface area contributed by atoms with E-state index in [9.17, 15) is 39.6 Å². The Bertz CT molecular complexity index is 1380. The fraction of sp³-hybridized carbons (Fsp3) is 0.208. The quantitative estimate of drug-likeness (QED) is 0.287. The van der Waals surface area contributed by atoms with Gasteiger partial charge in [0.25, 0.3) is 0 Å². The van der Waals surface area contributed by atoms with Crippen LogP contribution in [0.15, 0.2) is 71.6 Å². The van der Waals surface area contributed by atoms with Crippen LogP contribution in [0.4, 0.5) is 32.0 Å². The standard InChI is InChI=1S/C24H18Cl2F6N2O3S/c25-18-6-7-20(26)21(13-18)38(36,37)34(9-8-15-4-2-1-3-5-15)14-22(35)33-19-11-16(23(27,28)29)10-17(12-19)24(30,31)32/h1-7,10-13H,8-9,14H2,(H,33,35). The molecule has 38 heavy (non-hydrogen) atoms. The lowest BCUT2D eigenvalue weighted by molar-refractivity contribution is -0.143. The molecule has 0 spiro atoms. The Hall–Kier alpha value is -2.80. The van der Waals surface area contributed by atoms with Crippen molar-refractivity contribution in [3.05, 3.63) is 93.5 Å². The lowest BCUT2D eigenvalue weighted by Crippen LogP contribution is -2.39. The number of sulfonamides is 1. The van der Waals surface area contributed by atoms with Crippen molar-refractivity contribution in [2.24, 2.45) is 0 Å². The molecule has 0 unspecified atom stereocenters. The summed E-state index contributed by atoms with van der Waals surface area (Å²) >= 11 is 12.0. The van der Waals surface area contributed by atoms with Gasteiger partial charge in [0.2, 0.25) is 15.9 Å². The molecule has 204 valence electrons.